The number of halogens is 1. The van der Waals surface area contributed by atoms with E-state index in [1.165, 1.54) is 0 Å². The average Bonchev–Trinajstić information content (AvgIpc) is 2.50. The monoisotopic (exact) mass is 330 g/mol. The summed E-state index contributed by atoms with van der Waals surface area (Å²) >= 11 is 3.42. The van der Waals surface area contributed by atoms with Crippen molar-refractivity contribution in [3.05, 3.63) is 42.5 Å². The Morgan fingerprint density at radius 1 is 0.850 bits per heavy atom. The van der Waals surface area contributed by atoms with Crippen molar-refractivity contribution in [3.8, 4) is 5.75 Å². The van der Waals surface area contributed by atoms with E-state index in [4.69, 9.17) is 4.74 Å². The van der Waals surface area contributed by atoms with Crippen LogP contribution < -0.4 is 4.74 Å². The van der Waals surface area contributed by atoms with Crippen molar-refractivity contribution >= 4 is 38.0 Å². The Kier molecular flexibility index (Phi) is 4.11. The Morgan fingerprint density at radius 2 is 1.60 bits per heavy atom. The second-order valence-corrected chi connectivity index (χ2v) is 5.37. The summed E-state index contributed by atoms with van der Waals surface area (Å²) in [6, 6.07) is 13.8. The van der Waals surface area contributed by atoms with Crippen LogP contribution in [0.4, 0.5) is 0 Å². The maximum absolute atomic E-state index is 5.85. The molecule has 0 bridgehead atoms. The highest BCUT2D eigenvalue weighted by Crippen LogP contribution is 2.24. The first-order valence-corrected chi connectivity index (χ1v) is 7.85. The Morgan fingerprint density at radius 3 is 2.40 bits per heavy atom. The van der Waals surface area contributed by atoms with Crippen molar-refractivity contribution in [2.45, 2.75) is 12.8 Å². The summed E-state index contributed by atoms with van der Waals surface area (Å²) in [5, 5.41) is 1.01. The fraction of sp³-hybridized carbons (Fsp3) is 0.250. The number of benzene rings is 2. The fourth-order valence-electron chi connectivity index (χ4n) is 2.11. The van der Waals surface area contributed by atoms with Crippen molar-refractivity contribution in [1.82, 2.24) is 9.97 Å². The fourth-order valence-corrected chi connectivity index (χ4v) is 2.51. The summed E-state index contributed by atoms with van der Waals surface area (Å²) in [7, 11) is 0. The molecular weight excluding hydrogens is 316 g/mol. The Balaban J connectivity index is 1.97. The van der Waals surface area contributed by atoms with Gasteiger partial charge in [0.05, 0.1) is 23.2 Å². The predicted octanol–water partition coefficient (Wildman–Crippen LogP) is 4.34. The van der Waals surface area contributed by atoms with Gasteiger partial charge in [0, 0.05) is 5.33 Å². The molecule has 2 aromatic carbocycles. The number of aromatic nitrogens is 2. The molecule has 102 valence electrons. The van der Waals surface area contributed by atoms with Gasteiger partial charge in [-0.2, -0.15) is 0 Å². The third kappa shape index (κ3) is 2.75. The number of hydrogen-bond donors (Lipinski definition) is 0. The van der Waals surface area contributed by atoms with Crippen LogP contribution in [-0.2, 0) is 0 Å². The quantitative estimate of drug-likeness (QED) is 0.396. The zero-order chi connectivity index (χ0) is 13.8. The molecule has 0 aliphatic carbocycles. The highest BCUT2D eigenvalue weighted by molar-refractivity contribution is 9.09. The number of nitrogens with zero attached hydrogens (tertiary/aromatic N) is 2. The molecule has 0 atom stereocenters. The number of hydrogen-bond acceptors (Lipinski definition) is 3. The first-order chi connectivity index (χ1) is 9.88. The normalized spacial score (nSPS) is 11.1. The standard InChI is InChI=1S/C16H15BrN2O/c17-10-3-4-11-20-15-9-5-8-14-16(15)19-13-7-2-1-6-12(13)18-14/h1-2,5-9H,3-4,10-11H2. The molecule has 0 spiro atoms. The lowest BCUT2D eigenvalue weighted by atomic mass is 10.2. The van der Waals surface area contributed by atoms with Gasteiger partial charge in [-0.1, -0.05) is 34.1 Å². The minimum atomic E-state index is 0.708. The zero-order valence-corrected chi connectivity index (χ0v) is 12.6. The summed E-state index contributed by atoms with van der Waals surface area (Å²) in [5.74, 6) is 0.815. The highest BCUT2D eigenvalue weighted by Gasteiger charge is 2.06. The molecule has 3 nitrogen and oxygen atoms in total. The largest absolute Gasteiger partial charge is 0.491 e. The van der Waals surface area contributed by atoms with E-state index in [0.717, 1.165) is 46.0 Å². The predicted molar refractivity (Wildman–Crippen MR) is 85.6 cm³/mol. The van der Waals surface area contributed by atoms with Gasteiger partial charge in [-0.05, 0) is 37.1 Å². The number of ether oxygens (including phenoxy) is 1. The molecular formula is C16H15BrN2O. The van der Waals surface area contributed by atoms with Crippen LogP contribution in [0.2, 0.25) is 0 Å². The topological polar surface area (TPSA) is 35.0 Å². The number of fused-ring (bicyclic) bond motifs is 2. The minimum absolute atomic E-state index is 0.708. The SMILES string of the molecule is BrCCCCOc1cccc2nc3ccccc3nc12. The lowest BCUT2D eigenvalue weighted by Crippen LogP contribution is -1.99. The van der Waals surface area contributed by atoms with Crippen LogP contribution in [0.3, 0.4) is 0 Å². The number of rotatable bonds is 5. The van der Waals surface area contributed by atoms with Crippen LogP contribution >= 0.6 is 15.9 Å². The van der Waals surface area contributed by atoms with E-state index >= 15 is 0 Å². The lowest BCUT2D eigenvalue weighted by molar-refractivity contribution is 0.313. The Labute approximate surface area is 126 Å². The molecule has 0 aliphatic heterocycles. The van der Waals surface area contributed by atoms with Crippen LogP contribution in [0, 0.1) is 0 Å². The molecule has 3 aromatic rings. The van der Waals surface area contributed by atoms with Crippen LogP contribution in [0.25, 0.3) is 22.1 Å². The lowest BCUT2D eigenvalue weighted by Gasteiger charge is -2.08. The minimum Gasteiger partial charge on any atom is -0.491 e. The second-order valence-electron chi connectivity index (χ2n) is 4.58. The molecule has 0 aliphatic rings. The third-order valence-electron chi connectivity index (χ3n) is 3.12. The van der Waals surface area contributed by atoms with Crippen LogP contribution in [0.1, 0.15) is 12.8 Å². The van der Waals surface area contributed by atoms with E-state index in [-0.39, 0.29) is 0 Å². The summed E-state index contributed by atoms with van der Waals surface area (Å²) in [6.45, 7) is 0.708. The van der Waals surface area contributed by atoms with Crippen molar-refractivity contribution in [2.75, 3.05) is 11.9 Å². The van der Waals surface area contributed by atoms with Gasteiger partial charge >= 0.3 is 0 Å². The van der Waals surface area contributed by atoms with E-state index < -0.39 is 0 Å². The van der Waals surface area contributed by atoms with Crippen LogP contribution in [-0.4, -0.2) is 21.9 Å². The van der Waals surface area contributed by atoms with Gasteiger partial charge in [-0.15, -0.1) is 0 Å². The van der Waals surface area contributed by atoms with Crippen molar-refractivity contribution in [3.63, 3.8) is 0 Å². The van der Waals surface area contributed by atoms with Gasteiger partial charge in [-0.3, -0.25) is 0 Å². The molecule has 4 heteroatoms. The van der Waals surface area contributed by atoms with Gasteiger partial charge in [0.25, 0.3) is 0 Å². The summed E-state index contributed by atoms with van der Waals surface area (Å²) < 4.78 is 5.85. The third-order valence-corrected chi connectivity index (χ3v) is 3.68. The van der Waals surface area contributed by atoms with E-state index in [1.54, 1.807) is 0 Å². The Bertz CT molecular complexity index is 730. The molecule has 1 aromatic heterocycles. The molecule has 0 fully saturated rings. The first-order valence-electron chi connectivity index (χ1n) is 6.73. The van der Waals surface area contributed by atoms with Crippen LogP contribution in [0.5, 0.6) is 5.75 Å². The maximum Gasteiger partial charge on any atom is 0.147 e. The van der Waals surface area contributed by atoms with Gasteiger partial charge in [0.15, 0.2) is 0 Å². The first kappa shape index (κ1) is 13.3. The molecule has 1 heterocycles. The number of para-hydroxylation sites is 3. The second kappa shape index (κ2) is 6.18. The van der Waals surface area contributed by atoms with Gasteiger partial charge in [0.1, 0.15) is 11.3 Å². The van der Waals surface area contributed by atoms with E-state index in [1.807, 2.05) is 42.5 Å². The maximum atomic E-state index is 5.85. The molecule has 20 heavy (non-hydrogen) atoms. The summed E-state index contributed by atoms with van der Waals surface area (Å²) in [6.07, 6.45) is 2.14. The van der Waals surface area contributed by atoms with Gasteiger partial charge in [0.2, 0.25) is 0 Å². The molecule has 0 radical (unpaired) electrons. The van der Waals surface area contributed by atoms with E-state index in [2.05, 4.69) is 25.9 Å². The molecule has 0 saturated heterocycles. The highest BCUT2D eigenvalue weighted by atomic mass is 79.9. The van der Waals surface area contributed by atoms with Gasteiger partial charge < -0.3 is 4.74 Å². The smallest absolute Gasteiger partial charge is 0.147 e. The van der Waals surface area contributed by atoms with Crippen molar-refractivity contribution in [1.29, 1.82) is 0 Å². The number of unbranched alkanes of at least 4 members (excludes halogenated alkanes) is 1. The average molecular weight is 331 g/mol. The summed E-state index contributed by atoms with van der Waals surface area (Å²) in [4.78, 5) is 9.31. The van der Waals surface area contributed by atoms with Crippen LogP contribution in [0.15, 0.2) is 42.5 Å². The molecule has 0 N–H and O–H groups in total. The molecule has 0 unspecified atom stereocenters. The molecule has 3 rings (SSSR count). The van der Waals surface area contributed by atoms with Crippen molar-refractivity contribution < 1.29 is 4.74 Å². The van der Waals surface area contributed by atoms with E-state index in [9.17, 15) is 0 Å². The Hall–Kier alpha value is -1.68. The number of alkyl halides is 1. The summed E-state index contributed by atoms with van der Waals surface area (Å²) in [5.41, 5.74) is 3.53. The molecule has 0 saturated carbocycles. The molecule has 0 amide bonds. The van der Waals surface area contributed by atoms with E-state index in [0.29, 0.717) is 6.61 Å². The van der Waals surface area contributed by atoms with Gasteiger partial charge in [-0.25, -0.2) is 9.97 Å². The van der Waals surface area contributed by atoms with Crippen molar-refractivity contribution in [2.24, 2.45) is 0 Å². The zero-order valence-electron chi connectivity index (χ0n) is 11.1.